The van der Waals surface area contributed by atoms with Gasteiger partial charge in [0.05, 0.1) is 20.3 Å². The minimum atomic E-state index is -0.0809. The number of carbonyl (C=O) groups excluding carboxylic acids is 2. The Morgan fingerprint density at radius 1 is 1.04 bits per heavy atom. The summed E-state index contributed by atoms with van der Waals surface area (Å²) in [5.41, 5.74) is 1.63. The lowest BCUT2D eigenvalue weighted by molar-refractivity contribution is -0.134. The van der Waals surface area contributed by atoms with Gasteiger partial charge in [-0.05, 0) is 55.7 Å². The van der Waals surface area contributed by atoms with Crippen molar-refractivity contribution >= 4 is 11.7 Å². The molecule has 0 saturated carbocycles. The largest absolute Gasteiger partial charge is 0.497 e. The van der Waals surface area contributed by atoms with E-state index in [1.54, 1.807) is 25.3 Å². The van der Waals surface area contributed by atoms with Crippen LogP contribution in [-0.4, -0.2) is 44.0 Å². The van der Waals surface area contributed by atoms with Crippen molar-refractivity contribution in [1.29, 1.82) is 0 Å². The van der Waals surface area contributed by atoms with Crippen LogP contribution in [-0.2, 0) is 4.79 Å². The molecule has 2 aromatic rings. The Labute approximate surface area is 165 Å². The summed E-state index contributed by atoms with van der Waals surface area (Å²) < 4.78 is 16.2. The molecule has 1 fully saturated rings. The summed E-state index contributed by atoms with van der Waals surface area (Å²) in [7, 11) is 3.14. The molecule has 0 aromatic heterocycles. The Kier molecular flexibility index (Phi) is 6.19. The minimum Gasteiger partial charge on any atom is -0.497 e. The number of hydrogen-bond donors (Lipinski definition) is 0. The van der Waals surface area contributed by atoms with Crippen LogP contribution >= 0.6 is 0 Å². The van der Waals surface area contributed by atoms with E-state index in [4.69, 9.17) is 14.2 Å². The first-order valence-corrected chi connectivity index (χ1v) is 9.28. The fourth-order valence-corrected chi connectivity index (χ4v) is 3.47. The van der Waals surface area contributed by atoms with Gasteiger partial charge in [0.15, 0.2) is 23.9 Å². The second-order valence-electron chi connectivity index (χ2n) is 6.73. The quantitative estimate of drug-likeness (QED) is 0.683. The van der Waals surface area contributed by atoms with Gasteiger partial charge < -0.3 is 19.1 Å². The Morgan fingerprint density at radius 3 is 2.43 bits per heavy atom. The number of nitrogens with zero attached hydrogens (tertiary/aromatic N) is 1. The molecule has 1 atom stereocenters. The Bertz CT molecular complexity index is 847. The van der Waals surface area contributed by atoms with Gasteiger partial charge in [0.25, 0.3) is 5.91 Å². The molecule has 1 saturated heterocycles. The van der Waals surface area contributed by atoms with Crippen LogP contribution in [0.3, 0.4) is 0 Å². The van der Waals surface area contributed by atoms with Crippen LogP contribution in [0, 0.1) is 0 Å². The zero-order valence-electron chi connectivity index (χ0n) is 16.4. The molecule has 1 aliphatic rings. The third-order valence-electron chi connectivity index (χ3n) is 5.00. The number of likely N-dealkylation sites (tertiary alicyclic amines) is 1. The van der Waals surface area contributed by atoms with Crippen LogP contribution in [0.2, 0.25) is 0 Å². The summed E-state index contributed by atoms with van der Waals surface area (Å²) in [5.74, 6) is 1.55. The molecular weight excluding hydrogens is 358 g/mol. The number of hydrogen-bond acceptors (Lipinski definition) is 5. The van der Waals surface area contributed by atoms with Gasteiger partial charge in [-0.1, -0.05) is 12.1 Å². The van der Waals surface area contributed by atoms with E-state index in [0.717, 1.165) is 24.2 Å². The normalized spacial score (nSPS) is 16.0. The van der Waals surface area contributed by atoms with E-state index in [9.17, 15) is 9.59 Å². The van der Waals surface area contributed by atoms with Crippen molar-refractivity contribution in [2.24, 2.45) is 0 Å². The standard InChI is InChI=1S/C22H25NO5/c1-15(24)17-8-11-20(21(13-17)27-3)28-14-22(25)23-12-4-5-19(23)16-6-9-18(26-2)10-7-16/h6-11,13,19H,4-5,12,14H2,1-3H3/t19-/m0/s1. The molecule has 2 aromatic carbocycles. The molecule has 0 spiro atoms. The van der Waals surface area contributed by atoms with E-state index in [0.29, 0.717) is 23.6 Å². The highest BCUT2D eigenvalue weighted by Gasteiger charge is 2.30. The minimum absolute atomic E-state index is 0.0454. The topological polar surface area (TPSA) is 65.1 Å². The molecule has 0 radical (unpaired) electrons. The number of benzene rings is 2. The van der Waals surface area contributed by atoms with Crippen LogP contribution in [0.4, 0.5) is 0 Å². The summed E-state index contributed by atoms with van der Waals surface area (Å²) in [6.07, 6.45) is 1.88. The van der Waals surface area contributed by atoms with Crippen molar-refractivity contribution < 1.29 is 23.8 Å². The van der Waals surface area contributed by atoms with Gasteiger partial charge in [0.2, 0.25) is 0 Å². The van der Waals surface area contributed by atoms with E-state index in [1.165, 1.54) is 14.0 Å². The molecule has 0 bridgehead atoms. The van der Waals surface area contributed by atoms with Gasteiger partial charge in [-0.3, -0.25) is 9.59 Å². The molecule has 6 heteroatoms. The molecule has 0 unspecified atom stereocenters. The number of amides is 1. The lowest BCUT2D eigenvalue weighted by Gasteiger charge is -2.25. The third kappa shape index (κ3) is 4.27. The van der Waals surface area contributed by atoms with Crippen molar-refractivity contribution in [2.75, 3.05) is 27.4 Å². The van der Waals surface area contributed by atoms with Crippen molar-refractivity contribution in [3.63, 3.8) is 0 Å². The van der Waals surface area contributed by atoms with E-state index in [1.807, 2.05) is 29.2 Å². The van der Waals surface area contributed by atoms with E-state index < -0.39 is 0 Å². The SMILES string of the molecule is COc1ccc([C@@H]2CCCN2C(=O)COc2ccc(C(C)=O)cc2OC)cc1. The van der Waals surface area contributed by atoms with Gasteiger partial charge >= 0.3 is 0 Å². The summed E-state index contributed by atoms with van der Waals surface area (Å²) in [4.78, 5) is 26.2. The van der Waals surface area contributed by atoms with Crippen LogP contribution in [0.5, 0.6) is 17.2 Å². The highest BCUT2D eigenvalue weighted by Crippen LogP contribution is 2.33. The van der Waals surface area contributed by atoms with Crippen molar-refractivity contribution in [3.05, 3.63) is 53.6 Å². The van der Waals surface area contributed by atoms with Crippen LogP contribution in [0.15, 0.2) is 42.5 Å². The molecule has 0 aliphatic carbocycles. The van der Waals surface area contributed by atoms with Crippen molar-refractivity contribution in [3.8, 4) is 17.2 Å². The highest BCUT2D eigenvalue weighted by atomic mass is 16.5. The molecule has 1 amide bonds. The molecule has 6 nitrogen and oxygen atoms in total. The van der Waals surface area contributed by atoms with Crippen LogP contribution in [0.1, 0.15) is 41.7 Å². The maximum absolute atomic E-state index is 12.8. The van der Waals surface area contributed by atoms with E-state index >= 15 is 0 Å². The van der Waals surface area contributed by atoms with Gasteiger partial charge in [0.1, 0.15) is 5.75 Å². The fraction of sp³-hybridized carbons (Fsp3) is 0.364. The first kappa shape index (κ1) is 19.7. The van der Waals surface area contributed by atoms with Crippen LogP contribution in [0.25, 0.3) is 0 Å². The number of ketones is 1. The lowest BCUT2D eigenvalue weighted by Crippen LogP contribution is -2.34. The number of ether oxygens (including phenoxy) is 3. The number of methoxy groups -OCH3 is 2. The number of rotatable bonds is 7. The van der Waals surface area contributed by atoms with Gasteiger partial charge in [-0.25, -0.2) is 0 Å². The van der Waals surface area contributed by atoms with Gasteiger partial charge in [-0.15, -0.1) is 0 Å². The van der Waals surface area contributed by atoms with Crippen molar-refractivity contribution in [1.82, 2.24) is 4.90 Å². The zero-order valence-corrected chi connectivity index (χ0v) is 16.4. The summed E-state index contributed by atoms with van der Waals surface area (Å²) >= 11 is 0. The van der Waals surface area contributed by atoms with Crippen LogP contribution < -0.4 is 14.2 Å². The average molecular weight is 383 g/mol. The summed E-state index contributed by atoms with van der Waals surface area (Å²) in [5, 5.41) is 0. The molecule has 0 N–H and O–H groups in total. The number of carbonyl (C=O) groups is 2. The first-order valence-electron chi connectivity index (χ1n) is 9.28. The van der Waals surface area contributed by atoms with E-state index in [2.05, 4.69) is 0 Å². The Morgan fingerprint density at radius 2 is 1.79 bits per heavy atom. The van der Waals surface area contributed by atoms with Gasteiger partial charge in [0, 0.05) is 12.1 Å². The fourth-order valence-electron chi connectivity index (χ4n) is 3.47. The number of Topliss-reactive ketones (excluding diaryl/α,β-unsaturated/α-hetero) is 1. The molecule has 1 aliphatic heterocycles. The maximum Gasteiger partial charge on any atom is 0.261 e. The first-order chi connectivity index (χ1) is 13.5. The Balaban J connectivity index is 1.67. The smallest absolute Gasteiger partial charge is 0.261 e. The summed E-state index contributed by atoms with van der Waals surface area (Å²) in [6.45, 7) is 2.12. The van der Waals surface area contributed by atoms with Crippen molar-refractivity contribution in [2.45, 2.75) is 25.8 Å². The highest BCUT2D eigenvalue weighted by molar-refractivity contribution is 5.94. The predicted octanol–water partition coefficient (Wildman–Crippen LogP) is 3.65. The average Bonchev–Trinajstić information content (AvgIpc) is 3.21. The molecule has 3 rings (SSSR count). The second-order valence-corrected chi connectivity index (χ2v) is 6.73. The maximum atomic E-state index is 12.8. The predicted molar refractivity (Wildman–Crippen MR) is 105 cm³/mol. The summed E-state index contributed by atoms with van der Waals surface area (Å²) in [6, 6.07) is 12.8. The zero-order chi connectivity index (χ0) is 20.1. The molecule has 1 heterocycles. The third-order valence-corrected chi connectivity index (χ3v) is 5.00. The lowest BCUT2D eigenvalue weighted by atomic mass is 10.0. The Hall–Kier alpha value is -3.02. The second kappa shape index (κ2) is 8.78. The monoisotopic (exact) mass is 383 g/mol. The molecule has 148 valence electrons. The molecular formula is C22H25NO5. The van der Waals surface area contributed by atoms with E-state index in [-0.39, 0.29) is 24.3 Å². The molecule has 28 heavy (non-hydrogen) atoms. The van der Waals surface area contributed by atoms with Gasteiger partial charge in [-0.2, -0.15) is 0 Å².